The van der Waals surface area contributed by atoms with Gasteiger partial charge in [0.15, 0.2) is 0 Å². The van der Waals surface area contributed by atoms with Gasteiger partial charge >= 0.3 is 0 Å². The number of amides is 4. The maximum absolute atomic E-state index is 13.4. The number of carbonyl (C=O) groups is 4. The number of thioether (sulfide) groups is 1. The highest BCUT2D eigenvalue weighted by molar-refractivity contribution is 8.01. The van der Waals surface area contributed by atoms with Crippen molar-refractivity contribution in [1.29, 1.82) is 0 Å². The van der Waals surface area contributed by atoms with E-state index in [2.05, 4.69) is 26.2 Å². The molecule has 7 N–H and O–H groups in total. The number of nitrogens with two attached hydrogens (primary N) is 1. The van der Waals surface area contributed by atoms with Crippen LogP contribution in [0.3, 0.4) is 0 Å². The van der Waals surface area contributed by atoms with Crippen molar-refractivity contribution in [3.05, 3.63) is 35.9 Å². The molecule has 7 atom stereocenters. The maximum Gasteiger partial charge on any atom is 0.242 e. The molecule has 250 valence electrons. The van der Waals surface area contributed by atoms with E-state index < -0.39 is 34.2 Å². The zero-order chi connectivity index (χ0) is 32.9. The van der Waals surface area contributed by atoms with Crippen molar-refractivity contribution in [2.75, 3.05) is 19.6 Å². The van der Waals surface area contributed by atoms with Gasteiger partial charge in [-0.15, -0.1) is 11.8 Å². The minimum Gasteiger partial charge on any atom is -0.390 e. The smallest absolute Gasteiger partial charge is 0.242 e. The van der Waals surface area contributed by atoms with E-state index in [1.807, 2.05) is 65.0 Å². The van der Waals surface area contributed by atoms with E-state index in [0.717, 1.165) is 31.4 Å². The fraction of sp³-hybridized carbons (Fsp3) is 0.697. The zero-order valence-electron chi connectivity index (χ0n) is 27.3. The summed E-state index contributed by atoms with van der Waals surface area (Å²) in [6.07, 6.45) is 4.70. The number of hydrogen-bond donors (Lipinski definition) is 6. The van der Waals surface area contributed by atoms with Crippen LogP contribution in [-0.2, 0) is 25.6 Å². The number of aliphatic hydroxyl groups excluding tert-OH is 1. The number of carbonyl (C=O) groups excluding carboxylic acids is 4. The van der Waals surface area contributed by atoms with Crippen molar-refractivity contribution in [3.63, 3.8) is 0 Å². The van der Waals surface area contributed by atoms with Crippen LogP contribution in [0.25, 0.3) is 0 Å². The third kappa shape index (κ3) is 9.67. The minimum absolute atomic E-state index is 0.0115. The molecule has 12 heteroatoms. The molecule has 1 aliphatic carbocycles. The lowest BCUT2D eigenvalue weighted by Gasteiger charge is -2.46. The van der Waals surface area contributed by atoms with Gasteiger partial charge in [0, 0.05) is 29.9 Å². The molecule has 2 aliphatic heterocycles. The Labute approximate surface area is 271 Å². The molecule has 3 fully saturated rings. The van der Waals surface area contributed by atoms with Crippen molar-refractivity contribution < 1.29 is 24.3 Å². The third-order valence-corrected chi connectivity index (χ3v) is 10.6. The first-order chi connectivity index (χ1) is 21.1. The highest BCUT2D eigenvalue weighted by Gasteiger charge is 2.49. The van der Waals surface area contributed by atoms with Crippen molar-refractivity contribution in [1.82, 2.24) is 26.2 Å². The predicted octanol–water partition coefficient (Wildman–Crippen LogP) is 1.28. The van der Waals surface area contributed by atoms with Crippen molar-refractivity contribution in [2.24, 2.45) is 17.6 Å². The monoisotopic (exact) mass is 644 g/mol. The number of hydrogen-bond acceptors (Lipinski definition) is 8. The number of primary amides is 1. The molecule has 45 heavy (non-hydrogen) atoms. The third-order valence-electron chi connectivity index (χ3n) is 9.11. The molecule has 2 heterocycles. The van der Waals surface area contributed by atoms with E-state index >= 15 is 0 Å². The molecule has 0 spiro atoms. The molecular formula is C33H52N6O5S. The summed E-state index contributed by atoms with van der Waals surface area (Å²) in [5.41, 5.74) is 6.15. The summed E-state index contributed by atoms with van der Waals surface area (Å²) >= 11 is 1.37. The van der Waals surface area contributed by atoms with Crippen LogP contribution >= 0.6 is 11.8 Å². The van der Waals surface area contributed by atoms with E-state index in [1.54, 1.807) is 0 Å². The quantitative estimate of drug-likeness (QED) is 0.210. The van der Waals surface area contributed by atoms with Gasteiger partial charge in [-0.1, -0.05) is 49.6 Å². The molecule has 0 aromatic heterocycles. The Balaban J connectivity index is 1.33. The Bertz CT molecular complexity index is 1210. The number of piperidine rings is 1. The molecule has 0 radical (unpaired) electrons. The normalized spacial score (nSPS) is 27.9. The summed E-state index contributed by atoms with van der Waals surface area (Å²) in [4.78, 5) is 53.9. The van der Waals surface area contributed by atoms with Gasteiger partial charge in [0.2, 0.25) is 23.6 Å². The standard InChI is InChI=1S/C33H52N6O5S/c1-32(2,3)38-29(43)24-16-21-13-9-10-14-22(21)18-39(24)19-23(40)17-35-30(44)27-33(4,5)45-31(37-27)26(28(34)42)36-25(41)15-20-11-7-6-8-12-20/h6-8,11-12,21-24,26-27,31,37,40H,9-10,13-19H2,1-5H3,(H2,34,42)(H,35,44)(H,36,41)(H,38,43)/t21-,22+,23+,24-,26+,27-,31+/m0/s1. The number of β-amino-alcohol motifs (C(OH)–C–C–N with tert-alkyl or cyclic N) is 1. The molecule has 0 bridgehead atoms. The Morgan fingerprint density at radius 3 is 2.40 bits per heavy atom. The second kappa shape index (κ2) is 14.8. The van der Waals surface area contributed by atoms with E-state index in [4.69, 9.17) is 5.73 Å². The number of nitrogens with one attached hydrogen (secondary N) is 4. The highest BCUT2D eigenvalue weighted by Crippen LogP contribution is 2.40. The molecule has 11 nitrogen and oxygen atoms in total. The zero-order valence-corrected chi connectivity index (χ0v) is 28.1. The average molecular weight is 645 g/mol. The van der Waals surface area contributed by atoms with Gasteiger partial charge in [-0.3, -0.25) is 29.4 Å². The number of fused-ring (bicyclic) bond motifs is 1. The van der Waals surface area contributed by atoms with Crippen LogP contribution < -0.4 is 27.0 Å². The average Bonchev–Trinajstić information content (AvgIpc) is 3.28. The van der Waals surface area contributed by atoms with Crippen LogP contribution in [0, 0.1) is 11.8 Å². The Kier molecular flexibility index (Phi) is 11.6. The van der Waals surface area contributed by atoms with Crippen LogP contribution in [0.2, 0.25) is 0 Å². The van der Waals surface area contributed by atoms with Gasteiger partial charge in [-0.25, -0.2) is 0 Å². The van der Waals surface area contributed by atoms with Gasteiger partial charge in [0.1, 0.15) is 12.1 Å². The summed E-state index contributed by atoms with van der Waals surface area (Å²) in [5, 5.41) is 22.4. The second-order valence-corrected chi connectivity index (χ2v) is 16.3. The Hall–Kier alpha value is -2.67. The molecule has 0 unspecified atom stereocenters. The minimum atomic E-state index is -1.02. The summed E-state index contributed by atoms with van der Waals surface area (Å²) in [7, 11) is 0. The largest absolute Gasteiger partial charge is 0.390 e. The number of likely N-dealkylation sites (tertiary alicyclic amines) is 1. The SMILES string of the molecule is CC(C)(C)NC(=O)[C@@H]1C[C@@H]2CCCC[C@@H]2CN1C[C@H](O)CNC(=O)[C@@H]1N[C@@H]([C@H](NC(=O)Cc2ccccc2)C(N)=O)SC1(C)C. The van der Waals surface area contributed by atoms with Crippen LogP contribution in [0.1, 0.15) is 72.3 Å². The van der Waals surface area contributed by atoms with Crippen molar-refractivity contribution in [2.45, 2.75) is 113 Å². The van der Waals surface area contributed by atoms with Gasteiger partial charge in [0.05, 0.1) is 23.9 Å². The predicted molar refractivity (Wildman–Crippen MR) is 176 cm³/mol. The van der Waals surface area contributed by atoms with E-state index in [1.165, 1.54) is 24.6 Å². The summed E-state index contributed by atoms with van der Waals surface area (Å²) in [5.74, 6) is -0.323. The highest BCUT2D eigenvalue weighted by atomic mass is 32.2. The second-order valence-electron chi connectivity index (χ2n) is 14.5. The number of aliphatic hydroxyl groups is 1. The molecule has 1 aromatic rings. The van der Waals surface area contributed by atoms with Crippen LogP contribution in [0.5, 0.6) is 0 Å². The first-order valence-corrected chi connectivity index (χ1v) is 17.1. The summed E-state index contributed by atoms with van der Waals surface area (Å²) in [6, 6.07) is 7.17. The molecule has 3 aliphatic rings. The van der Waals surface area contributed by atoms with E-state index in [-0.39, 0.29) is 48.8 Å². The number of benzene rings is 1. The van der Waals surface area contributed by atoms with Crippen LogP contribution in [-0.4, -0.2) is 93.2 Å². The number of nitrogens with zero attached hydrogens (tertiary/aromatic N) is 1. The lowest BCUT2D eigenvalue weighted by Crippen LogP contribution is -2.59. The van der Waals surface area contributed by atoms with Gasteiger partial charge in [-0.2, -0.15) is 0 Å². The number of rotatable bonds is 11. The topological polar surface area (TPSA) is 166 Å². The lowest BCUT2D eigenvalue weighted by molar-refractivity contribution is -0.133. The summed E-state index contributed by atoms with van der Waals surface area (Å²) < 4.78 is -0.628. The van der Waals surface area contributed by atoms with Crippen LogP contribution in [0.4, 0.5) is 0 Å². The lowest BCUT2D eigenvalue weighted by atomic mass is 9.72. The molecule has 1 aromatic carbocycles. The van der Waals surface area contributed by atoms with E-state index in [0.29, 0.717) is 11.8 Å². The fourth-order valence-electron chi connectivity index (χ4n) is 6.93. The first kappa shape index (κ1) is 35.2. The van der Waals surface area contributed by atoms with Crippen molar-refractivity contribution >= 4 is 35.4 Å². The van der Waals surface area contributed by atoms with Gasteiger partial charge < -0.3 is 26.8 Å². The molecule has 1 saturated carbocycles. The first-order valence-electron chi connectivity index (χ1n) is 16.2. The van der Waals surface area contributed by atoms with Gasteiger partial charge in [0.25, 0.3) is 0 Å². The molecule has 2 saturated heterocycles. The molecule has 4 rings (SSSR count). The Morgan fingerprint density at radius 1 is 1.09 bits per heavy atom. The van der Waals surface area contributed by atoms with Gasteiger partial charge in [-0.05, 0) is 64.9 Å². The summed E-state index contributed by atoms with van der Waals surface area (Å²) in [6.45, 7) is 10.8. The van der Waals surface area contributed by atoms with Crippen molar-refractivity contribution in [3.8, 4) is 0 Å². The maximum atomic E-state index is 13.4. The molecular weight excluding hydrogens is 592 g/mol. The Morgan fingerprint density at radius 2 is 1.76 bits per heavy atom. The molecule has 4 amide bonds. The fourth-order valence-corrected chi connectivity index (χ4v) is 8.44. The van der Waals surface area contributed by atoms with E-state index in [9.17, 15) is 24.3 Å². The van der Waals surface area contributed by atoms with Crippen LogP contribution in [0.15, 0.2) is 30.3 Å².